The van der Waals surface area contributed by atoms with Gasteiger partial charge in [-0.2, -0.15) is 0 Å². The first kappa shape index (κ1) is 16.1. The first-order chi connectivity index (χ1) is 12.6. The van der Waals surface area contributed by atoms with Crippen molar-refractivity contribution in [1.29, 1.82) is 0 Å². The Bertz CT molecular complexity index is 1050. The third-order valence-electron chi connectivity index (χ3n) is 4.27. The maximum Gasteiger partial charge on any atom is 0.379 e. The molecule has 2 heterocycles. The highest BCUT2D eigenvalue weighted by Gasteiger charge is 2.21. The van der Waals surface area contributed by atoms with Crippen molar-refractivity contribution >= 4 is 28.5 Å². The number of para-hydroxylation sites is 1. The Morgan fingerprint density at radius 3 is 2.54 bits per heavy atom. The van der Waals surface area contributed by atoms with Crippen LogP contribution in [0, 0.1) is 0 Å². The van der Waals surface area contributed by atoms with Gasteiger partial charge in [-0.25, -0.2) is 4.79 Å². The van der Waals surface area contributed by atoms with E-state index < -0.39 is 5.97 Å². The SMILES string of the molecule is O=C(Oc1ccc(N2CCCC2=O)cc1)c1cc(=O)c2ccccc2o1. The fourth-order valence-corrected chi connectivity index (χ4v) is 2.98. The number of carbonyl (C=O) groups excluding carboxylic acids is 2. The molecule has 0 N–H and O–H groups in total. The van der Waals surface area contributed by atoms with Crippen LogP contribution in [0.2, 0.25) is 0 Å². The number of rotatable bonds is 3. The van der Waals surface area contributed by atoms with Gasteiger partial charge < -0.3 is 14.1 Å². The zero-order valence-corrected chi connectivity index (χ0v) is 13.8. The zero-order chi connectivity index (χ0) is 18.1. The Balaban J connectivity index is 1.55. The molecule has 6 heteroatoms. The summed E-state index contributed by atoms with van der Waals surface area (Å²) in [7, 11) is 0. The fourth-order valence-electron chi connectivity index (χ4n) is 2.98. The van der Waals surface area contributed by atoms with Crippen molar-refractivity contribution in [3.8, 4) is 5.75 Å². The Labute approximate surface area is 148 Å². The van der Waals surface area contributed by atoms with E-state index in [2.05, 4.69) is 0 Å². The van der Waals surface area contributed by atoms with Crippen molar-refractivity contribution in [3.05, 3.63) is 70.6 Å². The predicted octanol–water partition coefficient (Wildman–Crippen LogP) is 3.14. The predicted molar refractivity (Wildman–Crippen MR) is 95.5 cm³/mol. The molecule has 3 aromatic rings. The third-order valence-corrected chi connectivity index (χ3v) is 4.27. The van der Waals surface area contributed by atoms with Crippen LogP contribution in [-0.2, 0) is 4.79 Å². The number of hydrogen-bond donors (Lipinski definition) is 0. The van der Waals surface area contributed by atoms with Crippen LogP contribution in [0.3, 0.4) is 0 Å². The molecular weight excluding hydrogens is 334 g/mol. The fraction of sp³-hybridized carbons (Fsp3) is 0.150. The summed E-state index contributed by atoms with van der Waals surface area (Å²) >= 11 is 0. The number of ether oxygens (including phenoxy) is 1. The second-order valence-corrected chi connectivity index (χ2v) is 6.00. The van der Waals surface area contributed by atoms with E-state index >= 15 is 0 Å². The van der Waals surface area contributed by atoms with Gasteiger partial charge in [-0.3, -0.25) is 9.59 Å². The lowest BCUT2D eigenvalue weighted by molar-refractivity contribution is -0.117. The minimum absolute atomic E-state index is 0.0904. The van der Waals surface area contributed by atoms with E-state index in [0.717, 1.165) is 18.2 Å². The molecule has 4 rings (SSSR count). The molecule has 0 unspecified atom stereocenters. The molecule has 1 aliphatic heterocycles. The lowest BCUT2D eigenvalue weighted by Gasteiger charge is -2.15. The van der Waals surface area contributed by atoms with E-state index in [4.69, 9.17) is 9.15 Å². The summed E-state index contributed by atoms with van der Waals surface area (Å²) in [6, 6.07) is 14.5. The van der Waals surface area contributed by atoms with Gasteiger partial charge in [0.25, 0.3) is 0 Å². The molecule has 130 valence electrons. The van der Waals surface area contributed by atoms with Crippen molar-refractivity contribution in [3.63, 3.8) is 0 Å². The van der Waals surface area contributed by atoms with Gasteiger partial charge in [0.2, 0.25) is 11.7 Å². The minimum Gasteiger partial charge on any atom is -0.449 e. The molecule has 1 fully saturated rings. The molecule has 1 aliphatic rings. The van der Waals surface area contributed by atoms with Gasteiger partial charge in [0.15, 0.2) is 5.43 Å². The minimum atomic E-state index is -0.752. The number of carbonyl (C=O) groups is 2. The quantitative estimate of drug-likeness (QED) is 0.536. The van der Waals surface area contributed by atoms with Gasteiger partial charge in [-0.1, -0.05) is 12.1 Å². The third kappa shape index (κ3) is 2.97. The number of benzene rings is 2. The van der Waals surface area contributed by atoms with E-state index in [1.165, 1.54) is 0 Å². The Morgan fingerprint density at radius 2 is 1.81 bits per heavy atom. The van der Waals surface area contributed by atoms with E-state index in [-0.39, 0.29) is 17.1 Å². The first-order valence-corrected chi connectivity index (χ1v) is 8.27. The van der Waals surface area contributed by atoms with Crippen molar-refractivity contribution in [2.24, 2.45) is 0 Å². The molecule has 0 radical (unpaired) electrons. The summed E-state index contributed by atoms with van der Waals surface area (Å²) in [4.78, 5) is 37.8. The van der Waals surface area contributed by atoms with Crippen LogP contribution in [-0.4, -0.2) is 18.4 Å². The Morgan fingerprint density at radius 1 is 1.04 bits per heavy atom. The highest BCUT2D eigenvalue weighted by Crippen LogP contribution is 2.24. The molecule has 0 spiro atoms. The van der Waals surface area contributed by atoms with Crippen LogP contribution in [0.25, 0.3) is 11.0 Å². The number of anilines is 1. The smallest absolute Gasteiger partial charge is 0.379 e. The topological polar surface area (TPSA) is 76.8 Å². The summed E-state index contributed by atoms with van der Waals surface area (Å²) < 4.78 is 10.7. The van der Waals surface area contributed by atoms with Gasteiger partial charge >= 0.3 is 5.97 Å². The summed E-state index contributed by atoms with van der Waals surface area (Å²) in [6.45, 7) is 0.695. The van der Waals surface area contributed by atoms with Crippen LogP contribution in [0.5, 0.6) is 5.75 Å². The molecule has 0 aliphatic carbocycles. The van der Waals surface area contributed by atoms with Crippen LogP contribution in [0.1, 0.15) is 23.4 Å². The van der Waals surface area contributed by atoms with Gasteiger partial charge in [0.1, 0.15) is 11.3 Å². The highest BCUT2D eigenvalue weighted by molar-refractivity contribution is 5.95. The lowest BCUT2D eigenvalue weighted by Crippen LogP contribution is -2.23. The normalized spacial score (nSPS) is 14.0. The summed E-state index contributed by atoms with van der Waals surface area (Å²) in [5.41, 5.74) is 0.793. The summed E-state index contributed by atoms with van der Waals surface area (Å²) in [5, 5.41) is 0.406. The molecule has 1 saturated heterocycles. The number of nitrogens with zero attached hydrogens (tertiary/aromatic N) is 1. The van der Waals surface area contributed by atoms with E-state index in [1.54, 1.807) is 53.4 Å². The molecule has 1 aromatic heterocycles. The Hall–Kier alpha value is -3.41. The van der Waals surface area contributed by atoms with Crippen LogP contribution in [0.4, 0.5) is 5.69 Å². The second-order valence-electron chi connectivity index (χ2n) is 6.00. The van der Waals surface area contributed by atoms with Crippen LogP contribution < -0.4 is 15.1 Å². The molecule has 0 atom stereocenters. The van der Waals surface area contributed by atoms with Crippen LogP contribution >= 0.6 is 0 Å². The highest BCUT2D eigenvalue weighted by atomic mass is 16.5. The maximum atomic E-state index is 12.3. The van der Waals surface area contributed by atoms with E-state index in [0.29, 0.717) is 29.7 Å². The molecule has 2 aromatic carbocycles. The number of amides is 1. The second kappa shape index (κ2) is 6.48. The monoisotopic (exact) mass is 349 g/mol. The standard InChI is InChI=1S/C20H15NO5/c22-16-12-18(26-17-5-2-1-4-15(16)17)20(24)25-14-9-7-13(8-10-14)21-11-3-6-19(21)23/h1-2,4-5,7-10,12H,3,6,11H2. The van der Waals surface area contributed by atoms with Gasteiger partial charge in [0, 0.05) is 24.7 Å². The number of hydrogen-bond acceptors (Lipinski definition) is 5. The average molecular weight is 349 g/mol. The Kier molecular flexibility index (Phi) is 4.01. The molecule has 26 heavy (non-hydrogen) atoms. The summed E-state index contributed by atoms with van der Waals surface area (Å²) in [6.07, 6.45) is 1.40. The van der Waals surface area contributed by atoms with Gasteiger partial charge in [-0.05, 0) is 42.8 Å². The largest absolute Gasteiger partial charge is 0.449 e. The molecule has 0 saturated carbocycles. The van der Waals surface area contributed by atoms with Gasteiger partial charge in [-0.15, -0.1) is 0 Å². The van der Waals surface area contributed by atoms with Crippen molar-refractivity contribution in [1.82, 2.24) is 0 Å². The van der Waals surface area contributed by atoms with Gasteiger partial charge in [0.05, 0.1) is 5.39 Å². The van der Waals surface area contributed by atoms with E-state index in [9.17, 15) is 14.4 Å². The maximum absolute atomic E-state index is 12.3. The van der Waals surface area contributed by atoms with E-state index in [1.807, 2.05) is 0 Å². The van der Waals surface area contributed by atoms with Crippen molar-refractivity contribution in [2.45, 2.75) is 12.8 Å². The number of esters is 1. The zero-order valence-electron chi connectivity index (χ0n) is 13.8. The first-order valence-electron chi connectivity index (χ1n) is 8.27. The van der Waals surface area contributed by atoms with Crippen molar-refractivity contribution in [2.75, 3.05) is 11.4 Å². The van der Waals surface area contributed by atoms with Crippen LogP contribution in [0.15, 0.2) is 63.8 Å². The molecule has 1 amide bonds. The molecule has 0 bridgehead atoms. The van der Waals surface area contributed by atoms with Crippen molar-refractivity contribution < 1.29 is 18.7 Å². The average Bonchev–Trinajstić information content (AvgIpc) is 3.08. The lowest BCUT2D eigenvalue weighted by atomic mass is 10.2. The summed E-state index contributed by atoms with van der Waals surface area (Å²) in [5.74, 6) is -0.515. The number of fused-ring (bicyclic) bond motifs is 1. The molecular formula is C20H15NO5. The molecule has 6 nitrogen and oxygen atoms in total.